The third kappa shape index (κ3) is 4.81. The number of fused-ring (bicyclic) bond motifs is 2. The predicted octanol–water partition coefficient (Wildman–Crippen LogP) is 4.55. The van der Waals surface area contributed by atoms with Crippen molar-refractivity contribution >= 4 is 44.5 Å². The molecule has 0 radical (unpaired) electrons. The van der Waals surface area contributed by atoms with Gasteiger partial charge in [-0.25, -0.2) is 9.97 Å². The minimum absolute atomic E-state index is 0.354. The maximum atomic E-state index is 4.93. The van der Waals surface area contributed by atoms with Crippen LogP contribution in [0.1, 0.15) is 43.2 Å². The fraction of sp³-hybridized carbons (Fsp3) is 0.480. The van der Waals surface area contributed by atoms with Crippen molar-refractivity contribution in [2.45, 2.75) is 39.2 Å². The Kier molecular flexibility index (Phi) is 6.56. The highest BCUT2D eigenvalue weighted by atomic mass is 32.1. The summed E-state index contributed by atoms with van der Waals surface area (Å²) in [6.07, 6.45) is 4.35. The van der Waals surface area contributed by atoms with Gasteiger partial charge in [0.2, 0.25) is 0 Å². The first-order valence-corrected chi connectivity index (χ1v) is 12.9. The Morgan fingerprint density at radius 1 is 1.15 bits per heavy atom. The van der Waals surface area contributed by atoms with Gasteiger partial charge in [0, 0.05) is 38.0 Å². The molecule has 180 valence electrons. The number of aromatic nitrogens is 4. The summed E-state index contributed by atoms with van der Waals surface area (Å²) in [7, 11) is 4.11. The lowest BCUT2D eigenvalue weighted by atomic mass is 9.98. The molecule has 8 nitrogen and oxygen atoms in total. The van der Waals surface area contributed by atoms with E-state index >= 15 is 0 Å². The van der Waals surface area contributed by atoms with Crippen molar-refractivity contribution in [3.8, 4) is 0 Å². The minimum Gasteiger partial charge on any atom is -0.378 e. The standard InChI is InChI=1S/C25H34N8S/c1-16(2)19-14-29-33-23(12-22(31-25(19)33)27-13-17-7-9-26-10-8-17)28-15-24-30-20-11-18(32(3)4)5-6-21(20)34-24/h5-6,11-12,14,16-17,26,28H,7-10,13,15H2,1-4H3,(H,27,31). The molecule has 0 aliphatic carbocycles. The molecule has 9 heteroatoms. The van der Waals surface area contributed by atoms with Gasteiger partial charge in [-0.15, -0.1) is 11.3 Å². The van der Waals surface area contributed by atoms with E-state index in [2.05, 4.69) is 78.2 Å². The van der Waals surface area contributed by atoms with Crippen LogP contribution in [-0.2, 0) is 6.54 Å². The van der Waals surface area contributed by atoms with Crippen LogP contribution in [0.5, 0.6) is 0 Å². The van der Waals surface area contributed by atoms with Crippen LogP contribution in [0.15, 0.2) is 30.5 Å². The Hall–Kier alpha value is -2.91. The highest BCUT2D eigenvalue weighted by Gasteiger charge is 2.17. The molecular formula is C25H34N8S. The van der Waals surface area contributed by atoms with Crippen LogP contribution in [0.3, 0.4) is 0 Å². The van der Waals surface area contributed by atoms with Gasteiger partial charge in [-0.3, -0.25) is 0 Å². The first kappa shape index (κ1) is 22.9. The Morgan fingerprint density at radius 2 is 1.97 bits per heavy atom. The Balaban J connectivity index is 1.39. The van der Waals surface area contributed by atoms with Gasteiger partial charge in [0.25, 0.3) is 0 Å². The average molecular weight is 479 g/mol. The second-order valence-corrected chi connectivity index (χ2v) is 10.7. The number of nitrogens with one attached hydrogen (secondary N) is 3. The third-order valence-electron chi connectivity index (χ3n) is 6.50. The van der Waals surface area contributed by atoms with Crippen LogP contribution in [0.4, 0.5) is 17.3 Å². The quantitative estimate of drug-likeness (QED) is 0.343. The lowest BCUT2D eigenvalue weighted by Gasteiger charge is -2.23. The average Bonchev–Trinajstić information content (AvgIpc) is 3.45. The summed E-state index contributed by atoms with van der Waals surface area (Å²) >= 11 is 1.73. The van der Waals surface area contributed by atoms with Gasteiger partial charge in [0.15, 0.2) is 5.65 Å². The molecule has 0 saturated carbocycles. The maximum absolute atomic E-state index is 4.93. The summed E-state index contributed by atoms with van der Waals surface area (Å²) in [5.74, 6) is 2.86. The fourth-order valence-electron chi connectivity index (χ4n) is 4.42. The molecular weight excluding hydrogens is 444 g/mol. The Labute approximate surface area is 204 Å². The highest BCUT2D eigenvalue weighted by molar-refractivity contribution is 7.18. The third-order valence-corrected chi connectivity index (χ3v) is 7.54. The van der Waals surface area contributed by atoms with Crippen LogP contribution in [0, 0.1) is 5.92 Å². The van der Waals surface area contributed by atoms with Gasteiger partial charge in [0.1, 0.15) is 16.6 Å². The molecule has 0 atom stereocenters. The normalized spacial score (nSPS) is 14.9. The van der Waals surface area contributed by atoms with Crippen LogP contribution < -0.4 is 20.9 Å². The zero-order chi connectivity index (χ0) is 23.7. The Bertz CT molecular complexity index is 1270. The molecule has 0 bridgehead atoms. The van der Waals surface area contributed by atoms with Crippen molar-refractivity contribution in [3.63, 3.8) is 0 Å². The van der Waals surface area contributed by atoms with Gasteiger partial charge in [-0.05, 0) is 56.0 Å². The van der Waals surface area contributed by atoms with Crippen LogP contribution in [0.25, 0.3) is 15.9 Å². The van der Waals surface area contributed by atoms with Crippen molar-refractivity contribution < 1.29 is 0 Å². The Morgan fingerprint density at radius 3 is 2.74 bits per heavy atom. The fourth-order valence-corrected chi connectivity index (χ4v) is 5.31. The second kappa shape index (κ2) is 9.76. The van der Waals surface area contributed by atoms with Gasteiger partial charge in [-0.2, -0.15) is 9.61 Å². The second-order valence-electron chi connectivity index (χ2n) is 9.60. The summed E-state index contributed by atoms with van der Waals surface area (Å²) in [5, 5.41) is 16.3. The van der Waals surface area contributed by atoms with E-state index in [1.807, 2.05) is 10.7 Å². The van der Waals surface area contributed by atoms with Crippen molar-refractivity contribution in [2.24, 2.45) is 5.92 Å². The van der Waals surface area contributed by atoms with Gasteiger partial charge < -0.3 is 20.9 Å². The van der Waals surface area contributed by atoms with E-state index in [0.29, 0.717) is 18.4 Å². The number of benzene rings is 1. The lowest BCUT2D eigenvalue weighted by molar-refractivity contribution is 0.389. The molecule has 34 heavy (non-hydrogen) atoms. The first-order chi connectivity index (χ1) is 16.5. The molecule has 3 N–H and O–H groups in total. The molecule has 1 aromatic carbocycles. The topological polar surface area (TPSA) is 82.4 Å². The number of piperidine rings is 1. The minimum atomic E-state index is 0.354. The van der Waals surface area contributed by atoms with Crippen molar-refractivity contribution in [1.29, 1.82) is 0 Å². The monoisotopic (exact) mass is 478 g/mol. The molecule has 0 amide bonds. The van der Waals surface area contributed by atoms with E-state index in [9.17, 15) is 0 Å². The van der Waals surface area contributed by atoms with Crippen LogP contribution >= 0.6 is 11.3 Å². The summed E-state index contributed by atoms with van der Waals surface area (Å²) in [5.41, 5.74) is 4.27. The molecule has 1 aliphatic heterocycles. The number of rotatable bonds is 8. The summed E-state index contributed by atoms with van der Waals surface area (Å²) in [6.45, 7) is 8.16. The number of thiazole rings is 1. The molecule has 3 aromatic heterocycles. The van der Waals surface area contributed by atoms with Crippen molar-refractivity contribution in [3.05, 3.63) is 41.0 Å². The number of hydrogen-bond donors (Lipinski definition) is 3. The SMILES string of the molecule is CC(C)c1cnn2c(NCc3nc4cc(N(C)C)ccc4s3)cc(NCC3CCNCC3)nc12. The molecule has 1 fully saturated rings. The van der Waals surface area contributed by atoms with Gasteiger partial charge >= 0.3 is 0 Å². The molecule has 1 saturated heterocycles. The van der Waals surface area contributed by atoms with Gasteiger partial charge in [-0.1, -0.05) is 13.8 Å². The lowest BCUT2D eigenvalue weighted by Crippen LogP contribution is -2.31. The van der Waals surface area contributed by atoms with Gasteiger partial charge in [0.05, 0.1) is 23.0 Å². The van der Waals surface area contributed by atoms with Crippen LogP contribution in [-0.4, -0.2) is 53.3 Å². The molecule has 4 heterocycles. The number of nitrogens with zero attached hydrogens (tertiary/aromatic N) is 5. The maximum Gasteiger partial charge on any atom is 0.163 e. The van der Waals surface area contributed by atoms with Crippen LogP contribution in [0.2, 0.25) is 0 Å². The molecule has 0 spiro atoms. The van der Waals surface area contributed by atoms with Crippen molar-refractivity contribution in [2.75, 3.05) is 49.3 Å². The summed E-state index contributed by atoms with van der Waals surface area (Å²) in [6, 6.07) is 8.51. The van der Waals surface area contributed by atoms with Crippen molar-refractivity contribution in [1.82, 2.24) is 24.9 Å². The largest absolute Gasteiger partial charge is 0.378 e. The van der Waals surface area contributed by atoms with E-state index in [0.717, 1.165) is 58.7 Å². The van der Waals surface area contributed by atoms with E-state index < -0.39 is 0 Å². The first-order valence-electron chi connectivity index (χ1n) is 12.1. The molecule has 1 aliphatic rings. The molecule has 0 unspecified atom stereocenters. The number of anilines is 3. The van der Waals surface area contributed by atoms with E-state index in [1.165, 1.54) is 17.5 Å². The summed E-state index contributed by atoms with van der Waals surface area (Å²) in [4.78, 5) is 11.9. The molecule has 5 rings (SSSR count). The van der Waals surface area contributed by atoms with E-state index in [-0.39, 0.29) is 0 Å². The highest BCUT2D eigenvalue weighted by Crippen LogP contribution is 2.28. The summed E-state index contributed by atoms with van der Waals surface area (Å²) < 4.78 is 3.12. The predicted molar refractivity (Wildman–Crippen MR) is 142 cm³/mol. The number of hydrogen-bond acceptors (Lipinski definition) is 8. The smallest absolute Gasteiger partial charge is 0.163 e. The zero-order valence-corrected chi connectivity index (χ0v) is 21.2. The van der Waals surface area contributed by atoms with E-state index in [4.69, 9.17) is 9.97 Å². The zero-order valence-electron chi connectivity index (χ0n) is 20.4. The van der Waals surface area contributed by atoms with E-state index in [1.54, 1.807) is 11.3 Å². The molecule has 4 aromatic rings.